The third-order valence-electron chi connectivity index (χ3n) is 10.1. The Hall–Kier alpha value is -3.66. The van der Waals surface area contributed by atoms with Gasteiger partial charge < -0.3 is 20.0 Å². The molecule has 1 N–H and O–H groups in total. The van der Waals surface area contributed by atoms with Crippen LogP contribution in [0.3, 0.4) is 0 Å². The van der Waals surface area contributed by atoms with Crippen LogP contribution in [-0.2, 0) is 15.0 Å². The molecule has 4 aliphatic heterocycles. The molecule has 3 aromatic carbocycles. The van der Waals surface area contributed by atoms with Gasteiger partial charge in [0, 0.05) is 67.5 Å². The van der Waals surface area contributed by atoms with Crippen LogP contribution in [-0.4, -0.2) is 89.8 Å². The Labute approximate surface area is 278 Å². The number of amides is 4. The molecule has 3 fully saturated rings. The number of hydrogen-bond acceptors (Lipinski definition) is 4. The molecule has 1 spiro atoms. The molecular weight excluding hydrogens is 628 g/mol. The van der Waals surface area contributed by atoms with Crippen LogP contribution in [0.15, 0.2) is 66.7 Å². The second-order valence-electron chi connectivity index (χ2n) is 12.7. The maximum absolute atomic E-state index is 15.0. The molecule has 3 aromatic rings. The number of nitrogens with zero attached hydrogens (tertiary/aromatic N) is 4. The molecule has 3 saturated heterocycles. The number of nitrogens with one attached hydrogen (secondary N) is 1. The minimum absolute atomic E-state index is 0.138. The summed E-state index contributed by atoms with van der Waals surface area (Å²) in [5, 5.41) is 4.09. The van der Waals surface area contributed by atoms with Crippen LogP contribution in [0.5, 0.6) is 0 Å². The summed E-state index contributed by atoms with van der Waals surface area (Å²) >= 11 is 12.9. The quantitative estimate of drug-likeness (QED) is 0.377. The number of carbonyl (C=O) groups excluding carboxylic acids is 3. The SMILES string of the molecule is O=C(CN1CCN(C(=O)N2CC[C@@H](c3cccc(Cl)c3)[C@]3(C(=O)Nc4cc(Cl)ccc43)[C@H]2c2cccc(F)c2)CC1)N1CCCC1. The molecule has 8 nitrogen and oxygen atoms in total. The number of benzene rings is 3. The number of piperazine rings is 1. The van der Waals surface area contributed by atoms with Gasteiger partial charge >= 0.3 is 6.03 Å². The number of fused-ring (bicyclic) bond motifs is 2. The van der Waals surface area contributed by atoms with E-state index in [0.717, 1.165) is 31.5 Å². The highest BCUT2D eigenvalue weighted by Crippen LogP contribution is 2.60. The molecule has 4 aliphatic rings. The minimum atomic E-state index is -1.30. The van der Waals surface area contributed by atoms with Gasteiger partial charge in [-0.3, -0.25) is 14.5 Å². The topological polar surface area (TPSA) is 76.2 Å². The molecule has 3 atom stereocenters. The highest BCUT2D eigenvalue weighted by Gasteiger charge is 2.62. The van der Waals surface area contributed by atoms with Gasteiger partial charge in [0.25, 0.3) is 0 Å². The molecule has 7 rings (SSSR count). The van der Waals surface area contributed by atoms with E-state index in [0.29, 0.717) is 72.5 Å². The molecule has 4 amide bonds. The lowest BCUT2D eigenvalue weighted by Gasteiger charge is -2.53. The van der Waals surface area contributed by atoms with Gasteiger partial charge in [-0.1, -0.05) is 53.5 Å². The van der Waals surface area contributed by atoms with Crippen molar-refractivity contribution >= 4 is 46.7 Å². The molecule has 46 heavy (non-hydrogen) atoms. The Bertz CT molecular complexity index is 1680. The fraction of sp³-hybridized carbons (Fsp3) is 0.400. The van der Waals surface area contributed by atoms with Gasteiger partial charge in [-0.25, -0.2) is 9.18 Å². The largest absolute Gasteiger partial charge is 0.342 e. The lowest BCUT2D eigenvalue weighted by Crippen LogP contribution is -2.61. The van der Waals surface area contributed by atoms with E-state index < -0.39 is 17.3 Å². The fourth-order valence-corrected chi connectivity index (χ4v) is 8.39. The first-order chi connectivity index (χ1) is 22.3. The normalized spacial score (nSPS) is 24.8. The summed E-state index contributed by atoms with van der Waals surface area (Å²) < 4.78 is 15.0. The van der Waals surface area contributed by atoms with Gasteiger partial charge in [0.15, 0.2) is 0 Å². The van der Waals surface area contributed by atoms with Crippen LogP contribution in [0.25, 0.3) is 0 Å². The summed E-state index contributed by atoms with van der Waals surface area (Å²) in [5.41, 5.74) is 1.40. The van der Waals surface area contributed by atoms with Gasteiger partial charge in [-0.15, -0.1) is 0 Å². The molecule has 0 bridgehead atoms. The highest BCUT2D eigenvalue weighted by molar-refractivity contribution is 6.31. The Morgan fingerprint density at radius 1 is 0.826 bits per heavy atom. The van der Waals surface area contributed by atoms with Crippen molar-refractivity contribution in [3.8, 4) is 0 Å². The van der Waals surface area contributed by atoms with E-state index in [1.54, 1.807) is 40.1 Å². The second kappa shape index (κ2) is 12.5. The standard InChI is InChI=1S/C35H36Cl2FN5O3/c36-25-7-3-5-23(19-25)28-11-14-43(34(46)42-17-15-40(16-18-42)22-31(44)41-12-1-2-13-41)32(24-6-4-8-27(38)20-24)35(28)29-10-9-26(37)21-30(29)39-33(35)45/h3-10,19-21,28,32H,1-2,11-18,22H2,(H,39,45)/t28-,32+,35+/m0/s1. The second-order valence-corrected chi connectivity index (χ2v) is 13.6. The molecule has 0 radical (unpaired) electrons. The predicted octanol–water partition coefficient (Wildman–Crippen LogP) is 5.91. The number of carbonyl (C=O) groups is 3. The monoisotopic (exact) mass is 663 g/mol. The lowest BCUT2D eigenvalue weighted by molar-refractivity contribution is -0.131. The predicted molar refractivity (Wildman–Crippen MR) is 176 cm³/mol. The van der Waals surface area contributed by atoms with Crippen LogP contribution in [0, 0.1) is 5.82 Å². The van der Waals surface area contributed by atoms with Crippen LogP contribution in [0.1, 0.15) is 47.9 Å². The fourth-order valence-electron chi connectivity index (χ4n) is 8.02. The summed E-state index contributed by atoms with van der Waals surface area (Å²) in [5.74, 6) is -0.957. The van der Waals surface area contributed by atoms with Crippen molar-refractivity contribution in [1.82, 2.24) is 19.6 Å². The molecule has 4 heterocycles. The maximum Gasteiger partial charge on any atom is 0.320 e. The lowest BCUT2D eigenvalue weighted by atomic mass is 9.59. The summed E-state index contributed by atoms with van der Waals surface area (Å²) in [7, 11) is 0. The van der Waals surface area contributed by atoms with E-state index in [9.17, 15) is 18.8 Å². The van der Waals surface area contributed by atoms with Gasteiger partial charge in [-0.2, -0.15) is 0 Å². The average molecular weight is 665 g/mol. The van der Waals surface area contributed by atoms with Gasteiger partial charge in [0.2, 0.25) is 11.8 Å². The first-order valence-corrected chi connectivity index (χ1v) is 16.7. The number of rotatable bonds is 4. The van der Waals surface area contributed by atoms with Crippen LogP contribution >= 0.6 is 23.2 Å². The molecule has 0 saturated carbocycles. The Morgan fingerprint density at radius 2 is 1.54 bits per heavy atom. The minimum Gasteiger partial charge on any atom is -0.342 e. The average Bonchev–Trinajstić information content (AvgIpc) is 3.68. The van der Waals surface area contributed by atoms with Crippen LogP contribution in [0.2, 0.25) is 10.0 Å². The van der Waals surface area contributed by atoms with Crippen molar-refractivity contribution in [3.05, 3.63) is 99.3 Å². The van der Waals surface area contributed by atoms with Crippen molar-refractivity contribution in [2.24, 2.45) is 0 Å². The van der Waals surface area contributed by atoms with Crippen molar-refractivity contribution < 1.29 is 18.8 Å². The number of urea groups is 1. The Kier molecular flexibility index (Phi) is 8.42. The number of halogens is 3. The molecule has 240 valence electrons. The van der Waals surface area contributed by atoms with E-state index in [4.69, 9.17) is 23.2 Å². The number of hydrogen-bond donors (Lipinski definition) is 1. The third kappa shape index (κ3) is 5.42. The zero-order valence-electron chi connectivity index (χ0n) is 25.4. The van der Waals surface area contributed by atoms with Crippen molar-refractivity contribution in [2.45, 2.75) is 36.6 Å². The van der Waals surface area contributed by atoms with Crippen molar-refractivity contribution in [2.75, 3.05) is 57.7 Å². The Balaban J connectivity index is 1.26. The summed E-state index contributed by atoms with van der Waals surface area (Å²) in [6, 6.07) is 18.0. The summed E-state index contributed by atoms with van der Waals surface area (Å²) in [6.45, 7) is 4.36. The molecule has 0 unspecified atom stereocenters. The number of likely N-dealkylation sites (tertiary alicyclic amines) is 2. The van der Waals surface area contributed by atoms with Gasteiger partial charge in [0.1, 0.15) is 11.2 Å². The zero-order chi connectivity index (χ0) is 32.0. The van der Waals surface area contributed by atoms with Crippen LogP contribution < -0.4 is 5.32 Å². The highest BCUT2D eigenvalue weighted by atomic mass is 35.5. The molecule has 0 aliphatic carbocycles. The van der Waals surface area contributed by atoms with Crippen molar-refractivity contribution in [1.29, 1.82) is 0 Å². The number of anilines is 1. The van der Waals surface area contributed by atoms with Crippen LogP contribution in [0.4, 0.5) is 14.9 Å². The van der Waals surface area contributed by atoms with E-state index >= 15 is 0 Å². The van der Waals surface area contributed by atoms with Gasteiger partial charge in [-0.05, 0) is 72.4 Å². The summed E-state index contributed by atoms with van der Waals surface area (Å²) in [4.78, 5) is 49.5. The third-order valence-corrected chi connectivity index (χ3v) is 10.6. The van der Waals surface area contributed by atoms with E-state index in [1.807, 2.05) is 29.2 Å². The maximum atomic E-state index is 15.0. The van der Waals surface area contributed by atoms with Crippen molar-refractivity contribution in [3.63, 3.8) is 0 Å². The van der Waals surface area contributed by atoms with E-state index in [-0.39, 0.29) is 23.8 Å². The Morgan fingerprint density at radius 3 is 2.28 bits per heavy atom. The molecule has 11 heteroatoms. The molecule has 0 aromatic heterocycles. The zero-order valence-corrected chi connectivity index (χ0v) is 26.9. The first kappa shape index (κ1) is 31.0. The summed E-state index contributed by atoms with van der Waals surface area (Å²) in [6.07, 6.45) is 2.58. The first-order valence-electron chi connectivity index (χ1n) is 15.9. The smallest absolute Gasteiger partial charge is 0.320 e. The number of piperidine rings is 1. The van der Waals surface area contributed by atoms with Gasteiger partial charge in [0.05, 0.1) is 12.6 Å². The molecular formula is C35H36Cl2FN5O3. The van der Waals surface area contributed by atoms with E-state index in [2.05, 4.69) is 10.2 Å². The van der Waals surface area contributed by atoms with E-state index in [1.165, 1.54) is 12.1 Å².